The second kappa shape index (κ2) is 72.6. The maximum absolute atomic E-state index is 12.9. The number of allylic oxidation sites excluding steroid dienone is 4. The molecule has 12 heteroatoms. The Labute approximate surface area is 587 Å². The van der Waals surface area contributed by atoms with E-state index in [1.807, 2.05) is 21.6 Å². The van der Waals surface area contributed by atoms with Gasteiger partial charge in [0.25, 0.3) is 0 Å². The van der Waals surface area contributed by atoms with E-state index in [1.165, 1.54) is 257 Å². The normalized spacial score (nSPS) is 14.9. The standard InChI is InChI=1S/C81H160N4O6S2/c1-5-9-13-17-21-25-29-31-33-35-39-43-47-51-59-79(88)75-85(76-80(89)60-52-48-44-40-36-34-32-30-26-22-18-14-10-6-2)63-55-56-71-92-93-72-69-83-66-64-82(65-67-83)68-70-91-81(90)61-53-54-62-84(73-77(86)57-49-45-41-37-27-23-19-15-11-7-3)74-78(87)58-50-46-42-38-28-24-20-16-12-8-4/h31-34,77-80,86-89H,5-30,35-76H2,1-4H3/b33-31-,34-32-. The van der Waals surface area contributed by atoms with Crippen LogP contribution in [0.25, 0.3) is 0 Å². The summed E-state index contributed by atoms with van der Waals surface area (Å²) in [6.45, 7) is 19.8. The van der Waals surface area contributed by atoms with Gasteiger partial charge in [-0.3, -0.25) is 24.4 Å². The number of rotatable bonds is 75. The molecule has 4 unspecified atom stereocenters. The molecule has 4 N–H and O–H groups in total. The minimum absolute atomic E-state index is 0.111. The Balaban J connectivity index is 2.39. The third-order valence-corrected chi connectivity index (χ3v) is 22.0. The summed E-state index contributed by atoms with van der Waals surface area (Å²) in [6, 6.07) is 0. The van der Waals surface area contributed by atoms with Crippen molar-refractivity contribution in [3.05, 3.63) is 24.3 Å². The summed E-state index contributed by atoms with van der Waals surface area (Å²) >= 11 is 0. The molecule has 1 fully saturated rings. The summed E-state index contributed by atoms with van der Waals surface area (Å²) in [7, 11) is 3.99. The molecule has 0 aromatic rings. The Morgan fingerprint density at radius 1 is 0.355 bits per heavy atom. The van der Waals surface area contributed by atoms with Gasteiger partial charge in [-0.1, -0.05) is 305 Å². The van der Waals surface area contributed by atoms with Crippen LogP contribution in [0.2, 0.25) is 0 Å². The molecular weight excluding hydrogens is 1190 g/mol. The van der Waals surface area contributed by atoms with E-state index in [-0.39, 0.29) is 30.4 Å². The zero-order chi connectivity index (χ0) is 67.2. The third kappa shape index (κ3) is 65.7. The van der Waals surface area contributed by atoms with E-state index in [0.29, 0.717) is 39.2 Å². The Kier molecular flexibility index (Phi) is 70.5. The third-order valence-electron chi connectivity index (χ3n) is 19.5. The predicted molar refractivity (Wildman–Crippen MR) is 411 cm³/mol. The van der Waals surface area contributed by atoms with E-state index < -0.39 is 0 Å². The number of esters is 1. The molecule has 0 spiro atoms. The van der Waals surface area contributed by atoms with Gasteiger partial charge in [0.1, 0.15) is 6.61 Å². The Morgan fingerprint density at radius 3 is 0.968 bits per heavy atom. The molecule has 1 rings (SSSR count). The monoisotopic (exact) mass is 1350 g/mol. The maximum Gasteiger partial charge on any atom is 0.305 e. The first kappa shape index (κ1) is 90.3. The van der Waals surface area contributed by atoms with E-state index >= 15 is 0 Å². The number of unbranched alkanes of at least 4 members (excludes halogenated alkanes) is 40. The molecule has 0 aliphatic carbocycles. The lowest BCUT2D eigenvalue weighted by atomic mass is 10.0. The molecule has 1 saturated heterocycles. The average molecular weight is 1350 g/mol. The van der Waals surface area contributed by atoms with Crippen molar-refractivity contribution in [2.24, 2.45) is 0 Å². The first-order valence-corrected chi connectivity index (χ1v) is 43.5. The maximum atomic E-state index is 12.9. The van der Waals surface area contributed by atoms with Crippen molar-refractivity contribution >= 4 is 27.6 Å². The lowest BCUT2D eigenvalue weighted by Crippen LogP contribution is -2.47. The molecule has 552 valence electrons. The Morgan fingerprint density at radius 2 is 0.634 bits per heavy atom. The Hall–Kier alpha value is -0.670. The molecule has 10 nitrogen and oxygen atoms in total. The second-order valence-electron chi connectivity index (χ2n) is 28.8. The van der Waals surface area contributed by atoms with E-state index in [9.17, 15) is 25.2 Å². The number of aliphatic hydroxyl groups is 4. The van der Waals surface area contributed by atoms with Crippen LogP contribution in [-0.2, 0) is 9.53 Å². The minimum atomic E-state index is -0.378. The molecule has 93 heavy (non-hydrogen) atoms. The number of ether oxygens (including phenoxy) is 1. The van der Waals surface area contributed by atoms with Crippen LogP contribution in [0.4, 0.5) is 0 Å². The van der Waals surface area contributed by atoms with Crippen molar-refractivity contribution in [3.63, 3.8) is 0 Å². The van der Waals surface area contributed by atoms with Gasteiger partial charge >= 0.3 is 5.97 Å². The molecule has 0 amide bonds. The van der Waals surface area contributed by atoms with Crippen molar-refractivity contribution in [1.82, 2.24) is 19.6 Å². The van der Waals surface area contributed by atoms with Crippen LogP contribution >= 0.6 is 21.6 Å². The molecule has 1 heterocycles. The lowest BCUT2D eigenvalue weighted by Gasteiger charge is -2.34. The molecule has 1 aliphatic rings. The molecule has 0 saturated carbocycles. The molecule has 0 aromatic carbocycles. The van der Waals surface area contributed by atoms with Crippen LogP contribution in [0, 0.1) is 0 Å². The van der Waals surface area contributed by atoms with Gasteiger partial charge in [0.15, 0.2) is 0 Å². The van der Waals surface area contributed by atoms with Gasteiger partial charge in [0.05, 0.1) is 24.4 Å². The average Bonchev–Trinajstić information content (AvgIpc) is 3.76. The van der Waals surface area contributed by atoms with E-state index in [0.717, 1.165) is 141 Å². The highest BCUT2D eigenvalue weighted by Crippen LogP contribution is 2.24. The van der Waals surface area contributed by atoms with Crippen molar-refractivity contribution in [1.29, 1.82) is 0 Å². The first-order valence-electron chi connectivity index (χ1n) is 41.0. The lowest BCUT2D eigenvalue weighted by molar-refractivity contribution is -0.144. The zero-order valence-corrected chi connectivity index (χ0v) is 64.0. The topological polar surface area (TPSA) is 120 Å². The fraction of sp³-hybridized carbons (Fsp3) is 0.938. The molecule has 0 bridgehead atoms. The fourth-order valence-corrected chi connectivity index (χ4v) is 15.5. The predicted octanol–water partition coefficient (Wildman–Crippen LogP) is 21.4. The highest BCUT2D eigenvalue weighted by molar-refractivity contribution is 8.76. The van der Waals surface area contributed by atoms with Crippen molar-refractivity contribution < 1.29 is 30.0 Å². The number of nitrogens with zero attached hydrogens (tertiary/aromatic N) is 4. The highest BCUT2D eigenvalue weighted by Gasteiger charge is 2.20. The smallest absolute Gasteiger partial charge is 0.305 e. The number of carbonyl (C=O) groups excluding carboxylic acids is 1. The van der Waals surface area contributed by atoms with Crippen LogP contribution in [0.3, 0.4) is 0 Å². The van der Waals surface area contributed by atoms with E-state index in [2.05, 4.69) is 71.6 Å². The summed E-state index contributed by atoms with van der Waals surface area (Å²) in [5.74, 6) is 2.14. The van der Waals surface area contributed by atoms with Gasteiger partial charge in [-0.05, 0) is 116 Å². The molecule has 0 radical (unpaired) electrons. The Bertz CT molecular complexity index is 1480. The van der Waals surface area contributed by atoms with Gasteiger partial charge in [-0.25, -0.2) is 0 Å². The summed E-state index contributed by atoms with van der Waals surface area (Å²) in [5, 5.41) is 44.6. The molecule has 0 aromatic heterocycles. The van der Waals surface area contributed by atoms with Crippen LogP contribution in [0.5, 0.6) is 0 Å². The summed E-state index contributed by atoms with van der Waals surface area (Å²) in [6.07, 6.45) is 72.3. The number of hydrogen-bond acceptors (Lipinski definition) is 12. The van der Waals surface area contributed by atoms with Crippen molar-refractivity contribution in [2.75, 3.05) is 96.6 Å². The second-order valence-corrected chi connectivity index (χ2v) is 31.5. The van der Waals surface area contributed by atoms with Gasteiger partial charge in [0, 0.05) is 83.4 Å². The van der Waals surface area contributed by atoms with E-state index in [1.54, 1.807) is 0 Å². The summed E-state index contributed by atoms with van der Waals surface area (Å²) in [4.78, 5) is 22.5. The molecule has 1 aliphatic heterocycles. The van der Waals surface area contributed by atoms with Gasteiger partial charge in [0.2, 0.25) is 0 Å². The zero-order valence-electron chi connectivity index (χ0n) is 62.4. The quantitative estimate of drug-likeness (QED) is 0.0201. The van der Waals surface area contributed by atoms with Crippen LogP contribution in [-0.4, -0.2) is 167 Å². The fourth-order valence-electron chi connectivity index (χ4n) is 13.3. The van der Waals surface area contributed by atoms with Crippen molar-refractivity contribution in [2.45, 2.75) is 392 Å². The van der Waals surface area contributed by atoms with Crippen molar-refractivity contribution in [3.8, 4) is 0 Å². The number of hydrogen-bond donors (Lipinski definition) is 4. The van der Waals surface area contributed by atoms with Gasteiger partial charge in [-0.15, -0.1) is 0 Å². The van der Waals surface area contributed by atoms with Crippen LogP contribution in [0.15, 0.2) is 24.3 Å². The molecule has 4 atom stereocenters. The van der Waals surface area contributed by atoms with E-state index in [4.69, 9.17) is 4.74 Å². The van der Waals surface area contributed by atoms with Gasteiger partial charge in [-0.2, -0.15) is 0 Å². The molecular formula is C81H160N4O6S2. The number of piperazine rings is 1. The largest absolute Gasteiger partial charge is 0.464 e. The summed E-state index contributed by atoms with van der Waals surface area (Å²) in [5.41, 5.74) is 0. The first-order chi connectivity index (χ1) is 45.7. The number of carbonyl (C=O) groups is 1. The minimum Gasteiger partial charge on any atom is -0.464 e. The van der Waals surface area contributed by atoms with Crippen LogP contribution < -0.4 is 0 Å². The number of aliphatic hydroxyl groups excluding tert-OH is 4. The highest BCUT2D eigenvalue weighted by atomic mass is 33.1. The summed E-state index contributed by atoms with van der Waals surface area (Å²) < 4.78 is 5.75. The SMILES string of the molecule is CCCCCCCC/C=C\CCCCCCC(O)CN(CCCCSSCCN1CCN(CCOC(=O)CCCCN(CC(O)CCCCCCCCCCCC)CC(O)CCCCCCCCCCCC)CC1)CC(O)CCCCCC/C=C\CCCCCCCC. The van der Waals surface area contributed by atoms with Crippen LogP contribution in [0.1, 0.15) is 368 Å². The van der Waals surface area contributed by atoms with Gasteiger partial charge < -0.3 is 25.2 Å².